The predicted molar refractivity (Wildman–Crippen MR) is 77.1 cm³/mol. The lowest BCUT2D eigenvalue weighted by Gasteiger charge is -2.38. The molecule has 18 heavy (non-hydrogen) atoms. The maximum atomic E-state index is 5.76. The molecule has 0 bridgehead atoms. The molecule has 2 rings (SSSR count). The predicted octanol–water partition coefficient (Wildman–Crippen LogP) is 2.39. The van der Waals surface area contributed by atoms with Crippen LogP contribution in [-0.4, -0.2) is 37.2 Å². The number of nitrogens with one attached hydrogen (secondary N) is 1. The quantitative estimate of drug-likeness (QED) is 0.907. The van der Waals surface area contributed by atoms with E-state index in [1.165, 1.54) is 15.3 Å². The lowest BCUT2D eigenvalue weighted by molar-refractivity contribution is -0.0882. The molecule has 1 N–H and O–H groups in total. The summed E-state index contributed by atoms with van der Waals surface area (Å²) in [4.78, 5) is 5.38. The zero-order valence-electron chi connectivity index (χ0n) is 11.9. The SMILES string of the molecule is CNCc1cc(CN2CCOC(C)(C)C2)c(C)s1. The lowest BCUT2D eigenvalue weighted by Crippen LogP contribution is -2.47. The van der Waals surface area contributed by atoms with Gasteiger partial charge >= 0.3 is 0 Å². The first-order valence-corrected chi connectivity index (χ1v) is 7.41. The molecule has 1 aliphatic rings. The Morgan fingerprint density at radius 2 is 2.28 bits per heavy atom. The van der Waals surface area contributed by atoms with Crippen LogP contribution in [0.5, 0.6) is 0 Å². The standard InChI is InChI=1S/C14H24N2OS/c1-11-12(7-13(18-11)8-15-4)9-16-5-6-17-14(2,3)10-16/h7,15H,5-6,8-10H2,1-4H3. The van der Waals surface area contributed by atoms with Crippen LogP contribution in [0, 0.1) is 6.92 Å². The first-order valence-electron chi connectivity index (χ1n) is 6.59. The molecule has 2 heterocycles. The minimum atomic E-state index is -0.00399. The normalized spacial score (nSPS) is 20.2. The monoisotopic (exact) mass is 268 g/mol. The van der Waals surface area contributed by atoms with E-state index in [2.05, 4.69) is 37.1 Å². The molecular weight excluding hydrogens is 244 g/mol. The Labute approximate surface area is 114 Å². The third-order valence-electron chi connectivity index (χ3n) is 3.32. The molecule has 0 amide bonds. The average Bonchev–Trinajstić information content (AvgIpc) is 2.58. The first-order chi connectivity index (χ1) is 8.50. The Hall–Kier alpha value is -0.420. The average molecular weight is 268 g/mol. The fraction of sp³-hybridized carbons (Fsp3) is 0.714. The van der Waals surface area contributed by atoms with Gasteiger partial charge in [0.25, 0.3) is 0 Å². The molecule has 0 unspecified atom stereocenters. The number of aryl methyl sites for hydroxylation is 1. The van der Waals surface area contributed by atoms with Gasteiger partial charge in [0.15, 0.2) is 0 Å². The number of hydrogen-bond donors (Lipinski definition) is 1. The number of thiophene rings is 1. The van der Waals surface area contributed by atoms with Crippen molar-refractivity contribution in [1.29, 1.82) is 0 Å². The fourth-order valence-corrected chi connectivity index (χ4v) is 3.56. The lowest BCUT2D eigenvalue weighted by atomic mass is 10.1. The summed E-state index contributed by atoms with van der Waals surface area (Å²) in [7, 11) is 2.00. The molecule has 0 spiro atoms. The van der Waals surface area contributed by atoms with Gasteiger partial charge in [-0.25, -0.2) is 0 Å². The summed E-state index contributed by atoms with van der Waals surface area (Å²) in [5.74, 6) is 0. The van der Waals surface area contributed by atoms with Crippen LogP contribution in [0.3, 0.4) is 0 Å². The molecule has 0 saturated carbocycles. The van der Waals surface area contributed by atoms with E-state index in [1.54, 1.807) is 0 Å². The van der Waals surface area contributed by atoms with Crippen molar-refractivity contribution in [1.82, 2.24) is 10.2 Å². The Kier molecular flexibility index (Phi) is 4.43. The molecule has 0 radical (unpaired) electrons. The van der Waals surface area contributed by atoms with Gasteiger partial charge in [-0.3, -0.25) is 4.90 Å². The summed E-state index contributed by atoms with van der Waals surface area (Å²) in [6.07, 6.45) is 0. The smallest absolute Gasteiger partial charge is 0.0753 e. The van der Waals surface area contributed by atoms with Crippen molar-refractivity contribution in [2.45, 2.75) is 39.5 Å². The van der Waals surface area contributed by atoms with E-state index in [0.717, 1.165) is 32.8 Å². The second kappa shape index (κ2) is 5.70. The van der Waals surface area contributed by atoms with E-state index < -0.39 is 0 Å². The number of morpholine rings is 1. The summed E-state index contributed by atoms with van der Waals surface area (Å²) in [6.45, 7) is 11.5. The van der Waals surface area contributed by atoms with Crippen molar-refractivity contribution in [3.8, 4) is 0 Å². The zero-order valence-corrected chi connectivity index (χ0v) is 12.7. The van der Waals surface area contributed by atoms with E-state index in [4.69, 9.17) is 4.74 Å². The minimum absolute atomic E-state index is 0.00399. The molecule has 1 aliphatic heterocycles. The van der Waals surface area contributed by atoms with Gasteiger partial charge < -0.3 is 10.1 Å². The van der Waals surface area contributed by atoms with Crippen LogP contribution >= 0.6 is 11.3 Å². The van der Waals surface area contributed by atoms with E-state index in [1.807, 2.05) is 18.4 Å². The van der Waals surface area contributed by atoms with Crippen molar-refractivity contribution >= 4 is 11.3 Å². The Bertz CT molecular complexity index is 400. The van der Waals surface area contributed by atoms with Crippen LogP contribution in [0.1, 0.15) is 29.2 Å². The van der Waals surface area contributed by atoms with Gasteiger partial charge in [0.1, 0.15) is 0 Å². The van der Waals surface area contributed by atoms with Crippen molar-refractivity contribution in [3.05, 3.63) is 21.4 Å². The largest absolute Gasteiger partial charge is 0.373 e. The van der Waals surface area contributed by atoms with Gasteiger partial charge in [0.05, 0.1) is 12.2 Å². The van der Waals surface area contributed by atoms with E-state index >= 15 is 0 Å². The summed E-state index contributed by atoms with van der Waals surface area (Å²) in [5.41, 5.74) is 1.47. The molecule has 1 aromatic heterocycles. The van der Waals surface area contributed by atoms with Crippen LogP contribution in [0.2, 0.25) is 0 Å². The first kappa shape index (κ1) is 14.0. The van der Waals surface area contributed by atoms with Crippen molar-refractivity contribution < 1.29 is 4.74 Å². The van der Waals surface area contributed by atoms with Gasteiger partial charge in [-0.15, -0.1) is 11.3 Å². The van der Waals surface area contributed by atoms with Crippen molar-refractivity contribution in [3.63, 3.8) is 0 Å². The molecule has 0 aliphatic carbocycles. The highest BCUT2D eigenvalue weighted by Crippen LogP contribution is 2.25. The van der Waals surface area contributed by atoms with E-state index in [9.17, 15) is 0 Å². The minimum Gasteiger partial charge on any atom is -0.373 e. The molecule has 0 atom stereocenters. The molecule has 4 heteroatoms. The summed E-state index contributed by atoms with van der Waals surface area (Å²) in [6, 6.07) is 2.35. The number of ether oxygens (including phenoxy) is 1. The molecule has 1 fully saturated rings. The van der Waals surface area contributed by atoms with Crippen LogP contribution < -0.4 is 5.32 Å². The Morgan fingerprint density at radius 3 is 2.94 bits per heavy atom. The molecule has 0 aromatic carbocycles. The molecule has 1 saturated heterocycles. The topological polar surface area (TPSA) is 24.5 Å². The van der Waals surface area contributed by atoms with Gasteiger partial charge in [-0.2, -0.15) is 0 Å². The summed E-state index contributed by atoms with van der Waals surface area (Å²) < 4.78 is 5.76. The van der Waals surface area contributed by atoms with Crippen LogP contribution in [0.4, 0.5) is 0 Å². The van der Waals surface area contributed by atoms with Crippen LogP contribution in [0.25, 0.3) is 0 Å². The number of rotatable bonds is 4. The number of nitrogens with zero attached hydrogens (tertiary/aromatic N) is 1. The van der Waals surface area contributed by atoms with Crippen molar-refractivity contribution in [2.75, 3.05) is 26.7 Å². The van der Waals surface area contributed by atoms with Gasteiger partial charge in [-0.1, -0.05) is 0 Å². The maximum Gasteiger partial charge on any atom is 0.0753 e. The molecular formula is C14H24N2OS. The van der Waals surface area contributed by atoms with Gasteiger partial charge in [0, 0.05) is 35.9 Å². The maximum absolute atomic E-state index is 5.76. The molecule has 3 nitrogen and oxygen atoms in total. The highest BCUT2D eigenvalue weighted by Gasteiger charge is 2.27. The Morgan fingerprint density at radius 1 is 1.50 bits per heavy atom. The number of hydrogen-bond acceptors (Lipinski definition) is 4. The molecule has 102 valence electrons. The van der Waals surface area contributed by atoms with Crippen molar-refractivity contribution in [2.24, 2.45) is 0 Å². The summed E-state index contributed by atoms with van der Waals surface area (Å²) >= 11 is 1.91. The van der Waals surface area contributed by atoms with E-state index in [0.29, 0.717) is 0 Å². The highest BCUT2D eigenvalue weighted by atomic mass is 32.1. The third-order valence-corrected chi connectivity index (χ3v) is 4.41. The highest BCUT2D eigenvalue weighted by molar-refractivity contribution is 7.12. The van der Waals surface area contributed by atoms with Gasteiger partial charge in [0.2, 0.25) is 0 Å². The van der Waals surface area contributed by atoms with E-state index in [-0.39, 0.29) is 5.60 Å². The second-order valence-electron chi connectivity index (χ2n) is 5.64. The fourth-order valence-electron chi connectivity index (χ4n) is 2.50. The molecule has 1 aromatic rings. The van der Waals surface area contributed by atoms with Crippen LogP contribution in [0.15, 0.2) is 6.07 Å². The summed E-state index contributed by atoms with van der Waals surface area (Å²) in [5, 5.41) is 3.22. The van der Waals surface area contributed by atoms with Crippen LogP contribution in [-0.2, 0) is 17.8 Å². The zero-order chi connectivity index (χ0) is 13.2. The second-order valence-corrected chi connectivity index (χ2v) is 6.98. The van der Waals surface area contributed by atoms with Gasteiger partial charge in [-0.05, 0) is 39.4 Å². The Balaban J connectivity index is 2.00. The third kappa shape index (κ3) is 3.54.